The van der Waals surface area contributed by atoms with Crippen molar-refractivity contribution in [2.75, 3.05) is 26.2 Å². The summed E-state index contributed by atoms with van der Waals surface area (Å²) in [7, 11) is 0. The van der Waals surface area contributed by atoms with Crippen LogP contribution in [0.15, 0.2) is 0 Å². The fourth-order valence-corrected chi connectivity index (χ4v) is 2.03. The molecule has 0 aromatic heterocycles. The average Bonchev–Trinajstić information content (AvgIpc) is 2.35. The van der Waals surface area contributed by atoms with Crippen LogP contribution in [0.2, 0.25) is 0 Å². The van der Waals surface area contributed by atoms with Crippen molar-refractivity contribution in [3.63, 3.8) is 0 Å². The molecule has 2 amide bonds. The predicted octanol–water partition coefficient (Wildman–Crippen LogP) is 0.0185. The molecule has 1 fully saturated rings. The van der Waals surface area contributed by atoms with Gasteiger partial charge in [-0.15, -0.1) is 0 Å². The van der Waals surface area contributed by atoms with Crippen molar-refractivity contribution in [2.24, 2.45) is 5.92 Å². The molecule has 0 aromatic rings. The molecule has 1 saturated heterocycles. The number of rotatable bonds is 6. The molecule has 5 heteroatoms. The number of carbonyl (C=O) groups is 2. The minimum atomic E-state index is -0.122. The topological polar surface area (TPSA) is 70.2 Å². The van der Waals surface area contributed by atoms with Crippen molar-refractivity contribution in [3.8, 4) is 0 Å². The maximum absolute atomic E-state index is 11.5. The largest absolute Gasteiger partial charge is 0.355 e. The molecule has 0 atom stereocenters. The third-order valence-corrected chi connectivity index (χ3v) is 3.06. The van der Waals surface area contributed by atoms with Crippen LogP contribution in [0.25, 0.3) is 0 Å². The van der Waals surface area contributed by atoms with Gasteiger partial charge in [-0.05, 0) is 45.2 Å². The van der Waals surface area contributed by atoms with Gasteiger partial charge in [-0.1, -0.05) is 0 Å². The third kappa shape index (κ3) is 6.26. The van der Waals surface area contributed by atoms with E-state index in [4.69, 9.17) is 0 Å². The fraction of sp³-hybridized carbons (Fsp3) is 0.833. The van der Waals surface area contributed by atoms with Gasteiger partial charge < -0.3 is 16.0 Å². The van der Waals surface area contributed by atoms with Gasteiger partial charge in [-0.3, -0.25) is 9.59 Å². The number of carbonyl (C=O) groups excluding carboxylic acids is 2. The molecule has 17 heavy (non-hydrogen) atoms. The lowest BCUT2D eigenvalue weighted by atomic mass is 9.93. The van der Waals surface area contributed by atoms with Crippen LogP contribution in [0.5, 0.6) is 0 Å². The van der Waals surface area contributed by atoms with Crippen LogP contribution in [-0.2, 0) is 9.59 Å². The summed E-state index contributed by atoms with van der Waals surface area (Å²) in [6, 6.07) is 0. The van der Waals surface area contributed by atoms with E-state index in [0.717, 1.165) is 32.4 Å². The first kappa shape index (κ1) is 14.0. The Labute approximate surface area is 103 Å². The SMILES string of the molecule is CCNC(=O)CNC(=O)CCC1CCNCC1. The summed E-state index contributed by atoms with van der Waals surface area (Å²) in [5.74, 6) is 0.518. The van der Waals surface area contributed by atoms with Gasteiger partial charge in [0.15, 0.2) is 0 Å². The zero-order valence-electron chi connectivity index (χ0n) is 10.6. The highest BCUT2D eigenvalue weighted by atomic mass is 16.2. The van der Waals surface area contributed by atoms with Gasteiger partial charge >= 0.3 is 0 Å². The molecule has 5 nitrogen and oxygen atoms in total. The third-order valence-electron chi connectivity index (χ3n) is 3.06. The lowest BCUT2D eigenvalue weighted by Gasteiger charge is -2.22. The second-order valence-corrected chi connectivity index (χ2v) is 4.46. The summed E-state index contributed by atoms with van der Waals surface area (Å²) in [6.45, 7) is 4.68. The monoisotopic (exact) mass is 241 g/mol. The minimum Gasteiger partial charge on any atom is -0.355 e. The molecule has 0 unspecified atom stereocenters. The molecule has 0 aromatic carbocycles. The van der Waals surface area contributed by atoms with Crippen molar-refractivity contribution < 1.29 is 9.59 Å². The first-order valence-electron chi connectivity index (χ1n) is 6.46. The lowest BCUT2D eigenvalue weighted by Crippen LogP contribution is -2.37. The predicted molar refractivity (Wildman–Crippen MR) is 66.5 cm³/mol. The number of piperidine rings is 1. The Hall–Kier alpha value is -1.10. The highest BCUT2D eigenvalue weighted by molar-refractivity contribution is 5.84. The molecule has 1 aliphatic rings. The van der Waals surface area contributed by atoms with E-state index in [9.17, 15) is 9.59 Å². The summed E-state index contributed by atoms with van der Waals surface area (Å²) < 4.78 is 0. The summed E-state index contributed by atoms with van der Waals surface area (Å²) in [5.41, 5.74) is 0. The number of nitrogens with one attached hydrogen (secondary N) is 3. The van der Waals surface area contributed by atoms with Gasteiger partial charge in [-0.25, -0.2) is 0 Å². The number of hydrogen-bond acceptors (Lipinski definition) is 3. The van der Waals surface area contributed by atoms with Crippen molar-refractivity contribution in [1.82, 2.24) is 16.0 Å². The normalized spacial score (nSPS) is 16.5. The summed E-state index contributed by atoms with van der Waals surface area (Å²) in [6.07, 6.45) is 3.78. The zero-order chi connectivity index (χ0) is 12.5. The Kier molecular flexibility index (Phi) is 6.62. The molecule has 0 saturated carbocycles. The smallest absolute Gasteiger partial charge is 0.239 e. The molecular weight excluding hydrogens is 218 g/mol. The summed E-state index contributed by atoms with van der Waals surface area (Å²) >= 11 is 0. The number of likely N-dealkylation sites (N-methyl/N-ethyl adjacent to an activating group) is 1. The number of amides is 2. The molecule has 1 aliphatic heterocycles. The molecule has 3 N–H and O–H groups in total. The highest BCUT2D eigenvalue weighted by Gasteiger charge is 2.14. The van der Waals surface area contributed by atoms with Gasteiger partial charge in [0.2, 0.25) is 11.8 Å². The molecule has 0 radical (unpaired) electrons. The van der Waals surface area contributed by atoms with E-state index in [0.29, 0.717) is 18.9 Å². The van der Waals surface area contributed by atoms with Crippen LogP contribution in [0, 0.1) is 5.92 Å². The molecule has 98 valence electrons. The van der Waals surface area contributed by atoms with E-state index in [2.05, 4.69) is 16.0 Å². The number of hydrogen-bond donors (Lipinski definition) is 3. The van der Waals surface area contributed by atoms with E-state index in [1.807, 2.05) is 6.92 Å². The van der Waals surface area contributed by atoms with E-state index in [1.165, 1.54) is 0 Å². The molecular formula is C12H23N3O2. The maximum Gasteiger partial charge on any atom is 0.239 e. The van der Waals surface area contributed by atoms with Crippen molar-refractivity contribution in [3.05, 3.63) is 0 Å². The Morgan fingerprint density at radius 3 is 2.53 bits per heavy atom. The summed E-state index contributed by atoms with van der Waals surface area (Å²) in [4.78, 5) is 22.6. The van der Waals surface area contributed by atoms with Gasteiger partial charge in [0.25, 0.3) is 0 Å². The molecule has 0 spiro atoms. The Balaban J connectivity index is 2.06. The summed E-state index contributed by atoms with van der Waals surface area (Å²) in [5, 5.41) is 8.59. The quantitative estimate of drug-likeness (QED) is 0.614. The van der Waals surface area contributed by atoms with Crippen LogP contribution in [-0.4, -0.2) is 38.0 Å². The van der Waals surface area contributed by atoms with E-state index >= 15 is 0 Å². The highest BCUT2D eigenvalue weighted by Crippen LogP contribution is 2.17. The Morgan fingerprint density at radius 1 is 1.18 bits per heavy atom. The van der Waals surface area contributed by atoms with Crippen LogP contribution >= 0.6 is 0 Å². The van der Waals surface area contributed by atoms with Crippen molar-refractivity contribution in [1.29, 1.82) is 0 Å². The molecule has 0 bridgehead atoms. The first-order chi connectivity index (χ1) is 8.22. The fourth-order valence-electron chi connectivity index (χ4n) is 2.03. The minimum absolute atomic E-state index is 0.0187. The second-order valence-electron chi connectivity index (χ2n) is 4.46. The zero-order valence-corrected chi connectivity index (χ0v) is 10.6. The Bertz CT molecular complexity index is 250. The average molecular weight is 241 g/mol. The first-order valence-corrected chi connectivity index (χ1v) is 6.46. The van der Waals surface area contributed by atoms with Crippen LogP contribution in [0.1, 0.15) is 32.6 Å². The lowest BCUT2D eigenvalue weighted by molar-refractivity contribution is -0.126. The molecule has 0 aliphatic carbocycles. The van der Waals surface area contributed by atoms with Crippen LogP contribution in [0.4, 0.5) is 0 Å². The van der Waals surface area contributed by atoms with E-state index in [-0.39, 0.29) is 18.4 Å². The van der Waals surface area contributed by atoms with E-state index in [1.54, 1.807) is 0 Å². The van der Waals surface area contributed by atoms with Crippen LogP contribution < -0.4 is 16.0 Å². The van der Waals surface area contributed by atoms with E-state index < -0.39 is 0 Å². The van der Waals surface area contributed by atoms with Crippen molar-refractivity contribution >= 4 is 11.8 Å². The van der Waals surface area contributed by atoms with Gasteiger partial charge in [-0.2, -0.15) is 0 Å². The molecule has 1 rings (SSSR count). The maximum atomic E-state index is 11.5. The Morgan fingerprint density at radius 2 is 1.88 bits per heavy atom. The van der Waals surface area contributed by atoms with Gasteiger partial charge in [0.05, 0.1) is 6.54 Å². The van der Waals surface area contributed by atoms with Gasteiger partial charge in [0, 0.05) is 13.0 Å². The standard InChI is InChI=1S/C12H23N3O2/c1-2-14-12(17)9-15-11(16)4-3-10-5-7-13-8-6-10/h10,13H,2-9H2,1H3,(H,14,17)(H,15,16). The molecule has 1 heterocycles. The van der Waals surface area contributed by atoms with Crippen molar-refractivity contribution in [2.45, 2.75) is 32.6 Å². The van der Waals surface area contributed by atoms with Crippen LogP contribution in [0.3, 0.4) is 0 Å². The van der Waals surface area contributed by atoms with Gasteiger partial charge in [0.1, 0.15) is 0 Å². The second kappa shape index (κ2) is 8.06.